The van der Waals surface area contributed by atoms with Gasteiger partial charge in [0.1, 0.15) is 11.0 Å². The number of hydrogen-bond acceptors (Lipinski definition) is 5. The zero-order valence-corrected chi connectivity index (χ0v) is 21.4. The molecule has 0 bridgehead atoms. The Morgan fingerprint density at radius 3 is 2.25 bits per heavy atom. The number of urea groups is 1. The third-order valence-corrected chi connectivity index (χ3v) is 6.63. The number of rotatable bonds is 8. The van der Waals surface area contributed by atoms with Gasteiger partial charge in [-0.3, -0.25) is 10.1 Å². The first-order valence-electron chi connectivity index (χ1n) is 11.5. The summed E-state index contributed by atoms with van der Waals surface area (Å²) in [7, 11) is 0. The van der Waals surface area contributed by atoms with Gasteiger partial charge in [0.25, 0.3) is 0 Å². The van der Waals surface area contributed by atoms with Crippen LogP contribution >= 0.6 is 22.9 Å². The Morgan fingerprint density at radius 1 is 0.889 bits per heavy atom. The maximum absolute atomic E-state index is 13.2. The van der Waals surface area contributed by atoms with Crippen LogP contribution in [0.2, 0.25) is 5.02 Å². The van der Waals surface area contributed by atoms with E-state index in [1.165, 1.54) is 16.9 Å². The maximum Gasteiger partial charge on any atom is 0.319 e. The summed E-state index contributed by atoms with van der Waals surface area (Å²) in [6.45, 7) is 4.22. The normalized spacial score (nSPS) is 11.7. The monoisotopic (exact) mass is 519 g/mol. The number of carbonyl (C=O) groups excluding carboxylic acids is 2. The van der Waals surface area contributed by atoms with Crippen molar-refractivity contribution >= 4 is 45.7 Å². The highest BCUT2D eigenvalue weighted by Gasteiger charge is 2.23. The molecule has 36 heavy (non-hydrogen) atoms. The van der Waals surface area contributed by atoms with Crippen LogP contribution in [0.4, 0.5) is 15.6 Å². The summed E-state index contributed by atoms with van der Waals surface area (Å²) in [6, 6.07) is 23.1. The number of nitrogens with one attached hydrogen (secondary N) is 3. The molecule has 1 heterocycles. The SMILES string of the molecule is CC(C)c1ccc(NC(=O)NC(Cc2ccccc2)C(=O)Nc2nnc(-c3ccc(Cl)cc3)s2)cc1. The molecule has 0 aliphatic heterocycles. The topological polar surface area (TPSA) is 96.0 Å². The Hall–Kier alpha value is -3.75. The summed E-state index contributed by atoms with van der Waals surface area (Å²) in [4.78, 5) is 25.9. The van der Waals surface area contributed by atoms with Gasteiger partial charge in [0.15, 0.2) is 0 Å². The molecule has 1 aromatic heterocycles. The Kier molecular flexibility index (Phi) is 8.30. The Balaban J connectivity index is 1.45. The number of benzene rings is 3. The molecule has 4 aromatic rings. The quantitative estimate of drug-likeness (QED) is 0.252. The molecular weight excluding hydrogens is 494 g/mol. The Bertz CT molecular complexity index is 1310. The molecule has 7 nitrogen and oxygen atoms in total. The van der Waals surface area contributed by atoms with E-state index in [0.29, 0.717) is 33.2 Å². The van der Waals surface area contributed by atoms with E-state index in [2.05, 4.69) is 40.0 Å². The summed E-state index contributed by atoms with van der Waals surface area (Å²) in [5.74, 6) is 0.00958. The summed E-state index contributed by atoms with van der Waals surface area (Å²) in [6.07, 6.45) is 0.315. The Labute approximate surface area is 218 Å². The first-order valence-corrected chi connectivity index (χ1v) is 12.7. The largest absolute Gasteiger partial charge is 0.326 e. The zero-order chi connectivity index (χ0) is 25.5. The molecule has 0 radical (unpaired) electrons. The lowest BCUT2D eigenvalue weighted by Crippen LogP contribution is -2.46. The van der Waals surface area contributed by atoms with E-state index in [9.17, 15) is 9.59 Å². The van der Waals surface area contributed by atoms with E-state index in [1.807, 2.05) is 66.7 Å². The highest BCUT2D eigenvalue weighted by atomic mass is 35.5. The van der Waals surface area contributed by atoms with Crippen molar-refractivity contribution in [3.05, 3.63) is 95.0 Å². The number of amides is 3. The minimum atomic E-state index is -0.829. The van der Waals surface area contributed by atoms with Crippen LogP contribution in [-0.2, 0) is 11.2 Å². The van der Waals surface area contributed by atoms with E-state index in [-0.39, 0.29) is 5.91 Å². The van der Waals surface area contributed by atoms with E-state index in [1.54, 1.807) is 12.1 Å². The fraction of sp³-hybridized carbons (Fsp3) is 0.185. The van der Waals surface area contributed by atoms with Crippen molar-refractivity contribution in [2.24, 2.45) is 0 Å². The number of nitrogens with zero attached hydrogens (tertiary/aromatic N) is 2. The summed E-state index contributed by atoms with van der Waals surface area (Å²) in [5.41, 5.74) is 3.59. The second-order valence-electron chi connectivity index (χ2n) is 8.53. The molecule has 3 N–H and O–H groups in total. The molecule has 0 saturated heterocycles. The van der Waals surface area contributed by atoms with Crippen molar-refractivity contribution in [2.75, 3.05) is 10.6 Å². The first-order chi connectivity index (χ1) is 17.4. The van der Waals surface area contributed by atoms with Gasteiger partial charge in [0.2, 0.25) is 11.0 Å². The van der Waals surface area contributed by atoms with Gasteiger partial charge >= 0.3 is 6.03 Å². The van der Waals surface area contributed by atoms with E-state index < -0.39 is 12.1 Å². The van der Waals surface area contributed by atoms with Gasteiger partial charge in [-0.2, -0.15) is 0 Å². The molecule has 1 unspecified atom stereocenters. The second kappa shape index (κ2) is 11.8. The number of anilines is 2. The molecule has 0 fully saturated rings. The molecular formula is C27H26ClN5O2S. The van der Waals surface area contributed by atoms with Gasteiger partial charge in [-0.05, 0) is 41.3 Å². The smallest absolute Gasteiger partial charge is 0.319 e. The van der Waals surface area contributed by atoms with Crippen LogP contribution in [0.1, 0.15) is 30.9 Å². The average molecular weight is 520 g/mol. The third kappa shape index (κ3) is 6.90. The molecule has 0 spiro atoms. The lowest BCUT2D eigenvalue weighted by molar-refractivity contribution is -0.117. The molecule has 3 amide bonds. The van der Waals surface area contributed by atoms with Crippen molar-refractivity contribution in [1.82, 2.24) is 15.5 Å². The van der Waals surface area contributed by atoms with Gasteiger partial charge in [-0.1, -0.05) is 91.4 Å². The second-order valence-corrected chi connectivity index (χ2v) is 9.94. The predicted molar refractivity (Wildman–Crippen MR) is 146 cm³/mol. The minimum absolute atomic E-state index is 0.315. The van der Waals surface area contributed by atoms with E-state index in [0.717, 1.165) is 11.1 Å². The van der Waals surface area contributed by atoms with Crippen molar-refractivity contribution in [3.63, 3.8) is 0 Å². The third-order valence-electron chi connectivity index (χ3n) is 5.49. The predicted octanol–water partition coefficient (Wildman–Crippen LogP) is 6.35. The zero-order valence-electron chi connectivity index (χ0n) is 19.9. The van der Waals surface area contributed by atoms with Crippen LogP contribution in [-0.4, -0.2) is 28.2 Å². The molecule has 0 aliphatic carbocycles. The van der Waals surface area contributed by atoms with Gasteiger partial charge in [0.05, 0.1) is 0 Å². The maximum atomic E-state index is 13.2. The minimum Gasteiger partial charge on any atom is -0.326 e. The molecule has 1 atom stereocenters. The molecule has 0 saturated carbocycles. The number of halogens is 1. The van der Waals surface area contributed by atoms with Crippen molar-refractivity contribution in [2.45, 2.75) is 32.2 Å². The van der Waals surface area contributed by atoms with Crippen LogP contribution in [0.15, 0.2) is 78.9 Å². The molecule has 184 valence electrons. The van der Waals surface area contributed by atoms with Crippen LogP contribution in [0.25, 0.3) is 10.6 Å². The standard InChI is InChI=1S/C27H26ClN5O2S/c1-17(2)19-10-14-22(15-11-19)29-26(35)30-23(16-18-6-4-3-5-7-18)24(34)31-27-33-32-25(36-27)20-8-12-21(28)13-9-20/h3-15,17,23H,16H2,1-2H3,(H2,29,30,35)(H,31,33,34). The number of hydrogen-bond donors (Lipinski definition) is 3. The van der Waals surface area contributed by atoms with Gasteiger partial charge in [-0.25, -0.2) is 4.79 Å². The Morgan fingerprint density at radius 2 is 1.58 bits per heavy atom. The lowest BCUT2D eigenvalue weighted by Gasteiger charge is -2.18. The van der Waals surface area contributed by atoms with Crippen LogP contribution in [0, 0.1) is 0 Å². The number of carbonyl (C=O) groups is 2. The summed E-state index contributed by atoms with van der Waals surface area (Å²) >= 11 is 7.20. The van der Waals surface area contributed by atoms with Crippen molar-refractivity contribution < 1.29 is 9.59 Å². The summed E-state index contributed by atoms with van der Waals surface area (Å²) in [5, 5.41) is 18.3. The molecule has 4 rings (SSSR count). The van der Waals surface area contributed by atoms with Gasteiger partial charge < -0.3 is 10.6 Å². The highest BCUT2D eigenvalue weighted by Crippen LogP contribution is 2.27. The van der Waals surface area contributed by atoms with E-state index in [4.69, 9.17) is 11.6 Å². The molecule has 0 aliphatic rings. The van der Waals surface area contributed by atoms with E-state index >= 15 is 0 Å². The van der Waals surface area contributed by atoms with Crippen molar-refractivity contribution in [1.29, 1.82) is 0 Å². The van der Waals surface area contributed by atoms with Crippen LogP contribution in [0.3, 0.4) is 0 Å². The molecule has 9 heteroatoms. The summed E-state index contributed by atoms with van der Waals surface area (Å²) < 4.78 is 0. The van der Waals surface area contributed by atoms with Crippen molar-refractivity contribution in [3.8, 4) is 10.6 Å². The molecule has 3 aromatic carbocycles. The van der Waals surface area contributed by atoms with Gasteiger partial charge in [-0.15, -0.1) is 10.2 Å². The lowest BCUT2D eigenvalue weighted by atomic mass is 10.0. The first kappa shape index (κ1) is 25.3. The number of aromatic nitrogens is 2. The highest BCUT2D eigenvalue weighted by molar-refractivity contribution is 7.18. The van der Waals surface area contributed by atoms with Gasteiger partial charge in [0, 0.05) is 22.7 Å². The van der Waals surface area contributed by atoms with Crippen LogP contribution < -0.4 is 16.0 Å². The fourth-order valence-corrected chi connectivity index (χ4v) is 4.39. The fourth-order valence-electron chi connectivity index (χ4n) is 3.51. The van der Waals surface area contributed by atoms with Crippen LogP contribution in [0.5, 0.6) is 0 Å². The average Bonchev–Trinajstić information content (AvgIpc) is 3.33.